The van der Waals surface area contributed by atoms with Crippen LogP contribution >= 0.6 is 0 Å². The van der Waals surface area contributed by atoms with Gasteiger partial charge in [-0.05, 0) is 0 Å². The molecule has 2 atom stereocenters. The molecule has 94 valence electrons. The fourth-order valence-electron chi connectivity index (χ4n) is 2.05. The maximum atomic E-state index is 11.4. The first kappa shape index (κ1) is 12.0. The first-order valence-electron chi connectivity index (χ1n) is 5.42. The number of hydrogen-bond acceptors (Lipinski definition) is 5. The van der Waals surface area contributed by atoms with E-state index in [4.69, 9.17) is 5.11 Å². The minimum Gasteiger partial charge on any atom is -0.396 e. The van der Waals surface area contributed by atoms with Gasteiger partial charge in [-0.2, -0.15) is 0 Å². The van der Waals surface area contributed by atoms with Crippen LogP contribution in [0.3, 0.4) is 0 Å². The van der Waals surface area contributed by atoms with E-state index >= 15 is 0 Å². The van der Waals surface area contributed by atoms with Crippen LogP contribution < -0.4 is 11.2 Å². The summed E-state index contributed by atoms with van der Waals surface area (Å²) < 4.78 is 0. The van der Waals surface area contributed by atoms with Gasteiger partial charge in [0.25, 0.3) is 5.56 Å². The summed E-state index contributed by atoms with van der Waals surface area (Å²) in [6, 6.07) is 0. The Morgan fingerprint density at radius 1 is 1.41 bits per heavy atom. The molecule has 0 aliphatic carbocycles. The Bertz CT molecular complexity index is 495. The van der Waals surface area contributed by atoms with E-state index in [2.05, 4.69) is 9.97 Å². The SMILES string of the molecule is O=c1[nH]cc(CN2C[C@H](CO)[C@@H](O)C2)c(=O)[nH]1. The van der Waals surface area contributed by atoms with Crippen molar-refractivity contribution in [2.24, 2.45) is 5.92 Å². The Labute approximate surface area is 96.7 Å². The predicted molar refractivity (Wildman–Crippen MR) is 59.5 cm³/mol. The van der Waals surface area contributed by atoms with Gasteiger partial charge in [0.2, 0.25) is 0 Å². The van der Waals surface area contributed by atoms with Crippen molar-refractivity contribution in [2.75, 3.05) is 19.7 Å². The number of hydrogen-bond donors (Lipinski definition) is 4. The number of nitrogens with one attached hydrogen (secondary N) is 2. The number of nitrogens with zero attached hydrogens (tertiary/aromatic N) is 1. The standard InChI is InChI=1S/C10H15N3O4/c14-5-7-3-13(4-8(7)15)2-6-1-11-10(17)12-9(6)16/h1,7-8,14-15H,2-5H2,(H2,11,12,16,17)/t7-,8+/m1/s1. The van der Waals surface area contributed by atoms with Crippen molar-refractivity contribution in [3.63, 3.8) is 0 Å². The molecule has 17 heavy (non-hydrogen) atoms. The molecular formula is C10H15N3O4. The van der Waals surface area contributed by atoms with E-state index in [-0.39, 0.29) is 12.5 Å². The van der Waals surface area contributed by atoms with Gasteiger partial charge in [-0.25, -0.2) is 4.79 Å². The van der Waals surface area contributed by atoms with E-state index < -0.39 is 17.4 Å². The zero-order valence-corrected chi connectivity index (χ0v) is 9.22. The number of aromatic nitrogens is 2. The van der Waals surface area contributed by atoms with Crippen LogP contribution in [-0.4, -0.2) is 50.9 Å². The molecule has 7 heteroatoms. The molecule has 1 aromatic heterocycles. The van der Waals surface area contributed by atoms with Crippen LogP contribution in [-0.2, 0) is 6.54 Å². The fraction of sp³-hybridized carbons (Fsp3) is 0.600. The highest BCUT2D eigenvalue weighted by atomic mass is 16.3. The van der Waals surface area contributed by atoms with Crippen molar-refractivity contribution in [2.45, 2.75) is 12.6 Å². The van der Waals surface area contributed by atoms with E-state index in [0.717, 1.165) is 0 Å². The highest BCUT2D eigenvalue weighted by Crippen LogP contribution is 2.17. The number of likely N-dealkylation sites (tertiary alicyclic amines) is 1. The highest BCUT2D eigenvalue weighted by molar-refractivity contribution is 5.04. The lowest BCUT2D eigenvalue weighted by Gasteiger charge is -2.13. The first-order chi connectivity index (χ1) is 8.10. The molecule has 2 heterocycles. The number of aromatic amines is 2. The molecule has 0 spiro atoms. The van der Waals surface area contributed by atoms with Gasteiger partial charge in [0.1, 0.15) is 0 Å². The monoisotopic (exact) mass is 241 g/mol. The molecule has 0 radical (unpaired) electrons. The van der Waals surface area contributed by atoms with Gasteiger partial charge in [-0.3, -0.25) is 14.7 Å². The minimum atomic E-state index is -0.568. The van der Waals surface area contributed by atoms with E-state index in [9.17, 15) is 14.7 Å². The van der Waals surface area contributed by atoms with E-state index in [1.807, 2.05) is 4.90 Å². The quantitative estimate of drug-likeness (QED) is 0.482. The van der Waals surface area contributed by atoms with Crippen molar-refractivity contribution >= 4 is 0 Å². The number of H-pyrrole nitrogens is 2. The lowest BCUT2D eigenvalue weighted by Crippen LogP contribution is -2.30. The predicted octanol–water partition coefficient (Wildman–Crippen LogP) is -2.15. The summed E-state index contributed by atoms with van der Waals surface area (Å²) in [7, 11) is 0. The number of β-amino-alcohol motifs (C(OH)–C–C–N with tert-alkyl or cyclic N) is 1. The Kier molecular flexibility index (Phi) is 3.41. The molecule has 4 N–H and O–H groups in total. The Hall–Kier alpha value is -1.44. The van der Waals surface area contributed by atoms with Crippen LogP contribution in [0, 0.1) is 5.92 Å². The fourth-order valence-corrected chi connectivity index (χ4v) is 2.05. The first-order valence-corrected chi connectivity index (χ1v) is 5.42. The van der Waals surface area contributed by atoms with Crippen molar-refractivity contribution in [3.05, 3.63) is 32.6 Å². The van der Waals surface area contributed by atoms with Crippen molar-refractivity contribution in [1.29, 1.82) is 0 Å². The third kappa shape index (κ3) is 2.63. The smallest absolute Gasteiger partial charge is 0.325 e. The molecule has 7 nitrogen and oxygen atoms in total. The van der Waals surface area contributed by atoms with Crippen LogP contribution in [0.25, 0.3) is 0 Å². The summed E-state index contributed by atoms with van der Waals surface area (Å²) >= 11 is 0. The Morgan fingerprint density at radius 3 is 2.76 bits per heavy atom. The number of aliphatic hydroxyl groups is 2. The summed E-state index contributed by atoms with van der Waals surface area (Å²) in [5, 5.41) is 18.6. The molecule has 2 rings (SSSR count). The van der Waals surface area contributed by atoms with Crippen molar-refractivity contribution in [3.8, 4) is 0 Å². The summed E-state index contributed by atoms with van der Waals surface area (Å²) in [5.41, 5.74) is -0.514. The normalized spacial score (nSPS) is 25.3. The third-order valence-electron chi connectivity index (χ3n) is 3.01. The Balaban J connectivity index is 2.07. The summed E-state index contributed by atoms with van der Waals surface area (Å²) in [4.78, 5) is 28.7. The second kappa shape index (κ2) is 4.82. The molecule has 0 bridgehead atoms. The summed E-state index contributed by atoms with van der Waals surface area (Å²) in [6.07, 6.45) is 0.807. The molecule has 0 saturated carbocycles. The van der Waals surface area contributed by atoms with Crippen LogP contribution in [0.5, 0.6) is 0 Å². The third-order valence-corrected chi connectivity index (χ3v) is 3.01. The molecule has 0 amide bonds. The maximum Gasteiger partial charge on any atom is 0.325 e. The van der Waals surface area contributed by atoms with Crippen LogP contribution in [0.15, 0.2) is 15.8 Å². The van der Waals surface area contributed by atoms with Gasteiger partial charge >= 0.3 is 5.69 Å². The zero-order chi connectivity index (χ0) is 12.4. The van der Waals surface area contributed by atoms with E-state index in [1.54, 1.807) is 0 Å². The molecule has 1 aliphatic rings. The average molecular weight is 241 g/mol. The molecule has 1 saturated heterocycles. The molecular weight excluding hydrogens is 226 g/mol. The van der Waals surface area contributed by atoms with E-state index in [0.29, 0.717) is 25.2 Å². The average Bonchev–Trinajstić information content (AvgIpc) is 2.63. The van der Waals surface area contributed by atoms with E-state index in [1.165, 1.54) is 6.20 Å². The van der Waals surface area contributed by atoms with Crippen molar-refractivity contribution in [1.82, 2.24) is 14.9 Å². The van der Waals surface area contributed by atoms with Gasteiger partial charge in [0.05, 0.1) is 6.10 Å². The van der Waals surface area contributed by atoms with Crippen LogP contribution in [0.4, 0.5) is 0 Å². The molecule has 0 unspecified atom stereocenters. The minimum absolute atomic E-state index is 0.0698. The van der Waals surface area contributed by atoms with Crippen LogP contribution in [0.2, 0.25) is 0 Å². The Morgan fingerprint density at radius 2 is 2.18 bits per heavy atom. The van der Waals surface area contributed by atoms with Gasteiger partial charge in [-0.1, -0.05) is 0 Å². The molecule has 1 aromatic rings. The molecule has 1 fully saturated rings. The summed E-state index contributed by atoms with van der Waals surface area (Å²) in [5.74, 6) is -0.170. The topological polar surface area (TPSA) is 109 Å². The largest absolute Gasteiger partial charge is 0.396 e. The maximum absolute atomic E-state index is 11.4. The second-order valence-electron chi connectivity index (χ2n) is 4.30. The molecule has 1 aliphatic heterocycles. The number of rotatable bonds is 3. The lowest BCUT2D eigenvalue weighted by molar-refractivity contribution is 0.103. The van der Waals surface area contributed by atoms with Gasteiger partial charge in [0, 0.05) is 43.9 Å². The van der Waals surface area contributed by atoms with Gasteiger partial charge < -0.3 is 15.2 Å². The zero-order valence-electron chi connectivity index (χ0n) is 9.22. The van der Waals surface area contributed by atoms with Gasteiger partial charge in [0.15, 0.2) is 0 Å². The molecule has 0 aromatic carbocycles. The second-order valence-corrected chi connectivity index (χ2v) is 4.30. The highest BCUT2D eigenvalue weighted by Gasteiger charge is 2.30. The summed E-state index contributed by atoms with van der Waals surface area (Å²) in [6.45, 7) is 1.24. The van der Waals surface area contributed by atoms with Crippen LogP contribution in [0.1, 0.15) is 5.56 Å². The van der Waals surface area contributed by atoms with Gasteiger partial charge in [-0.15, -0.1) is 0 Å². The van der Waals surface area contributed by atoms with Crippen molar-refractivity contribution < 1.29 is 10.2 Å². The number of aliphatic hydroxyl groups excluding tert-OH is 2. The lowest BCUT2D eigenvalue weighted by atomic mass is 10.1.